The second-order valence-corrected chi connectivity index (χ2v) is 4.54. The minimum Gasteiger partial charge on any atom is -0.489 e. The predicted molar refractivity (Wildman–Crippen MR) is 82.9 cm³/mol. The van der Waals surface area contributed by atoms with Crippen molar-refractivity contribution >= 4 is 16.7 Å². The van der Waals surface area contributed by atoms with E-state index in [9.17, 15) is 9.90 Å². The molecule has 0 aliphatic heterocycles. The molecule has 0 aliphatic rings. The Kier molecular flexibility index (Phi) is 5.38. The van der Waals surface area contributed by atoms with Gasteiger partial charge in [0.05, 0.1) is 0 Å². The number of carbonyl (C=O) groups excluding carboxylic acids is 1. The van der Waals surface area contributed by atoms with Gasteiger partial charge in [-0.2, -0.15) is 0 Å². The third-order valence-corrected chi connectivity index (χ3v) is 2.89. The number of ether oxygens (including phenoxy) is 3. The summed E-state index contributed by atoms with van der Waals surface area (Å²) in [5.41, 5.74) is 0. The number of aliphatic hydroxyl groups excluding tert-OH is 1. The van der Waals surface area contributed by atoms with E-state index in [1.807, 2.05) is 30.3 Å². The maximum atomic E-state index is 10.9. The lowest BCUT2D eigenvalue weighted by molar-refractivity contribution is -0.138. The van der Waals surface area contributed by atoms with Crippen molar-refractivity contribution in [2.75, 3.05) is 13.2 Å². The van der Waals surface area contributed by atoms with Crippen LogP contribution in [0, 0.1) is 0 Å². The molecule has 0 saturated heterocycles. The summed E-state index contributed by atoms with van der Waals surface area (Å²) in [7, 11) is 0. The van der Waals surface area contributed by atoms with Gasteiger partial charge < -0.3 is 19.3 Å². The van der Waals surface area contributed by atoms with Crippen molar-refractivity contribution < 1.29 is 24.1 Å². The van der Waals surface area contributed by atoms with Gasteiger partial charge in [-0.3, -0.25) is 0 Å². The molecule has 2 aromatic carbocycles. The van der Waals surface area contributed by atoms with E-state index in [4.69, 9.17) is 14.2 Å². The summed E-state index contributed by atoms with van der Waals surface area (Å²) < 4.78 is 15.9. The smallest absolute Gasteiger partial charge is 0.330 e. The maximum absolute atomic E-state index is 10.9. The molecule has 1 unspecified atom stereocenters. The molecule has 2 aromatic rings. The van der Waals surface area contributed by atoms with E-state index in [-0.39, 0.29) is 13.2 Å². The molecule has 116 valence electrons. The van der Waals surface area contributed by atoms with Crippen LogP contribution in [0.4, 0.5) is 0 Å². The van der Waals surface area contributed by atoms with Crippen molar-refractivity contribution in [2.45, 2.75) is 13.2 Å². The lowest BCUT2D eigenvalue weighted by atomic mass is 10.1. The highest BCUT2D eigenvalue weighted by Gasteiger charge is 2.08. The van der Waals surface area contributed by atoms with Gasteiger partial charge in [0, 0.05) is 16.8 Å². The fourth-order valence-corrected chi connectivity index (χ4v) is 2.02. The first-order valence-electron chi connectivity index (χ1n) is 6.90. The number of hydrogen-bond donors (Lipinski definition) is 1. The van der Waals surface area contributed by atoms with Gasteiger partial charge in [0.25, 0.3) is 0 Å². The van der Waals surface area contributed by atoms with Gasteiger partial charge in [-0.25, -0.2) is 4.79 Å². The lowest BCUT2D eigenvalue weighted by Crippen LogP contribution is -2.11. The fraction of sp³-hybridized carbons (Fsp3) is 0.235. The van der Waals surface area contributed by atoms with Crippen LogP contribution in [-0.4, -0.2) is 30.6 Å². The van der Waals surface area contributed by atoms with Crippen molar-refractivity contribution in [3.63, 3.8) is 0 Å². The van der Waals surface area contributed by atoms with Gasteiger partial charge in [-0.15, -0.1) is 0 Å². The SMILES string of the molecule is C=CC(=O)OCCOc1cccc2c(OC(C)O)cccc12. The summed E-state index contributed by atoms with van der Waals surface area (Å²) in [5.74, 6) is 0.758. The Morgan fingerprint density at radius 1 is 1.18 bits per heavy atom. The third kappa shape index (κ3) is 3.99. The van der Waals surface area contributed by atoms with Gasteiger partial charge in [-0.05, 0) is 19.1 Å². The van der Waals surface area contributed by atoms with Crippen LogP contribution in [0.25, 0.3) is 10.8 Å². The summed E-state index contributed by atoms with van der Waals surface area (Å²) in [5, 5.41) is 11.1. The number of hydrogen-bond acceptors (Lipinski definition) is 5. The molecule has 1 atom stereocenters. The minimum atomic E-state index is -0.895. The van der Waals surface area contributed by atoms with Crippen molar-refractivity contribution in [2.24, 2.45) is 0 Å². The Morgan fingerprint density at radius 2 is 1.82 bits per heavy atom. The Balaban J connectivity index is 2.13. The highest BCUT2D eigenvalue weighted by Crippen LogP contribution is 2.32. The van der Waals surface area contributed by atoms with Crippen LogP contribution in [0.5, 0.6) is 11.5 Å². The number of carbonyl (C=O) groups is 1. The molecule has 0 bridgehead atoms. The summed E-state index contributed by atoms with van der Waals surface area (Å²) in [4.78, 5) is 10.9. The van der Waals surface area contributed by atoms with E-state index in [1.54, 1.807) is 13.0 Å². The second kappa shape index (κ2) is 7.47. The monoisotopic (exact) mass is 302 g/mol. The topological polar surface area (TPSA) is 65.0 Å². The molecule has 0 radical (unpaired) electrons. The molecule has 5 heteroatoms. The number of rotatable bonds is 7. The molecule has 0 spiro atoms. The zero-order valence-corrected chi connectivity index (χ0v) is 12.3. The first-order valence-corrected chi connectivity index (χ1v) is 6.90. The van der Waals surface area contributed by atoms with Gasteiger partial charge in [-0.1, -0.05) is 30.8 Å². The molecule has 2 rings (SSSR count). The summed E-state index contributed by atoms with van der Waals surface area (Å²) in [6, 6.07) is 11.1. The van der Waals surface area contributed by atoms with E-state index in [0.717, 1.165) is 16.8 Å². The normalized spacial score (nSPS) is 11.7. The van der Waals surface area contributed by atoms with E-state index >= 15 is 0 Å². The quantitative estimate of drug-likeness (QED) is 0.369. The Labute approximate surface area is 128 Å². The van der Waals surface area contributed by atoms with Crippen molar-refractivity contribution in [1.82, 2.24) is 0 Å². The minimum absolute atomic E-state index is 0.144. The number of aliphatic hydroxyl groups is 1. The van der Waals surface area contributed by atoms with Gasteiger partial charge >= 0.3 is 5.97 Å². The van der Waals surface area contributed by atoms with Crippen LogP contribution in [-0.2, 0) is 9.53 Å². The van der Waals surface area contributed by atoms with Crippen LogP contribution >= 0.6 is 0 Å². The van der Waals surface area contributed by atoms with Gasteiger partial charge in [0.1, 0.15) is 24.7 Å². The largest absolute Gasteiger partial charge is 0.489 e. The molecule has 0 aliphatic carbocycles. The van der Waals surface area contributed by atoms with Crippen molar-refractivity contribution in [1.29, 1.82) is 0 Å². The molecule has 0 heterocycles. The Bertz CT molecular complexity index is 663. The van der Waals surface area contributed by atoms with Crippen LogP contribution < -0.4 is 9.47 Å². The van der Waals surface area contributed by atoms with E-state index < -0.39 is 12.3 Å². The maximum Gasteiger partial charge on any atom is 0.330 e. The molecule has 0 aromatic heterocycles. The fourth-order valence-electron chi connectivity index (χ4n) is 2.02. The highest BCUT2D eigenvalue weighted by atomic mass is 16.6. The molecule has 0 fully saturated rings. The van der Waals surface area contributed by atoms with Crippen molar-refractivity contribution in [3.05, 3.63) is 49.1 Å². The zero-order chi connectivity index (χ0) is 15.9. The number of esters is 1. The van der Waals surface area contributed by atoms with Crippen LogP contribution in [0.3, 0.4) is 0 Å². The molecule has 22 heavy (non-hydrogen) atoms. The van der Waals surface area contributed by atoms with Gasteiger partial charge in [0.15, 0.2) is 6.29 Å². The molecule has 0 amide bonds. The number of fused-ring (bicyclic) bond motifs is 1. The number of benzene rings is 2. The van der Waals surface area contributed by atoms with E-state index in [0.29, 0.717) is 11.5 Å². The molecule has 5 nitrogen and oxygen atoms in total. The standard InChI is InChI=1S/C17H18O5/c1-3-17(19)21-11-10-20-15-8-4-7-14-13(15)6-5-9-16(14)22-12(2)18/h3-9,12,18H,1,10-11H2,2H3. The molecule has 1 N–H and O–H groups in total. The Morgan fingerprint density at radius 3 is 2.45 bits per heavy atom. The molecular formula is C17H18O5. The average molecular weight is 302 g/mol. The van der Waals surface area contributed by atoms with Crippen LogP contribution in [0.15, 0.2) is 49.1 Å². The lowest BCUT2D eigenvalue weighted by Gasteiger charge is -2.14. The third-order valence-electron chi connectivity index (χ3n) is 2.89. The highest BCUT2D eigenvalue weighted by molar-refractivity contribution is 5.93. The second-order valence-electron chi connectivity index (χ2n) is 4.54. The van der Waals surface area contributed by atoms with Crippen molar-refractivity contribution in [3.8, 4) is 11.5 Å². The zero-order valence-electron chi connectivity index (χ0n) is 12.3. The summed E-state index contributed by atoms with van der Waals surface area (Å²) >= 11 is 0. The average Bonchev–Trinajstić information content (AvgIpc) is 2.51. The first kappa shape index (κ1) is 15.9. The van der Waals surface area contributed by atoms with Crippen LogP contribution in [0.2, 0.25) is 0 Å². The van der Waals surface area contributed by atoms with Crippen LogP contribution in [0.1, 0.15) is 6.92 Å². The summed E-state index contributed by atoms with van der Waals surface area (Å²) in [6.45, 7) is 5.25. The summed E-state index contributed by atoms with van der Waals surface area (Å²) in [6.07, 6.45) is 0.214. The van der Waals surface area contributed by atoms with E-state index in [1.165, 1.54) is 0 Å². The van der Waals surface area contributed by atoms with Gasteiger partial charge in [0.2, 0.25) is 0 Å². The predicted octanol–water partition coefficient (Wildman–Crippen LogP) is 2.66. The Hall–Kier alpha value is -2.53. The first-order chi connectivity index (χ1) is 10.6. The van der Waals surface area contributed by atoms with E-state index in [2.05, 4.69) is 6.58 Å². The molecular weight excluding hydrogens is 284 g/mol. The molecule has 0 saturated carbocycles.